The molecule has 6 nitrogen and oxygen atoms in total. The molecule has 1 aliphatic rings. The number of nitrogens with one attached hydrogen (secondary N) is 2. The van der Waals surface area contributed by atoms with E-state index in [4.69, 9.17) is 12.2 Å². The number of halogens is 1. The van der Waals surface area contributed by atoms with Crippen molar-refractivity contribution in [3.63, 3.8) is 0 Å². The molecule has 2 N–H and O–H groups in total. The Kier molecular flexibility index (Phi) is 4.23. The van der Waals surface area contributed by atoms with Crippen LogP contribution in [0.25, 0.3) is 0 Å². The highest BCUT2D eigenvalue weighted by atomic mass is 32.1. The molecule has 0 heterocycles. The minimum Gasteiger partial charge on any atom is -0.330 e. The van der Waals surface area contributed by atoms with Gasteiger partial charge in [-0.3, -0.25) is 14.9 Å². The number of non-ortho nitro benzene ring substituents is 1. The lowest BCUT2D eigenvalue weighted by atomic mass is 9.85. The van der Waals surface area contributed by atoms with Crippen molar-refractivity contribution in [3.05, 3.63) is 34.1 Å². The highest BCUT2D eigenvalue weighted by Gasteiger charge is 2.25. The van der Waals surface area contributed by atoms with Gasteiger partial charge in [-0.05, 0) is 31.1 Å². The van der Waals surface area contributed by atoms with Gasteiger partial charge >= 0.3 is 0 Å². The molecule has 0 saturated heterocycles. The van der Waals surface area contributed by atoms with Crippen molar-refractivity contribution in [3.8, 4) is 0 Å². The number of carbonyl (C=O) groups is 1. The van der Waals surface area contributed by atoms with E-state index in [9.17, 15) is 19.3 Å². The zero-order valence-corrected chi connectivity index (χ0v) is 11.2. The quantitative estimate of drug-likeness (QED) is 0.508. The van der Waals surface area contributed by atoms with Crippen LogP contribution in [0.3, 0.4) is 0 Å². The van der Waals surface area contributed by atoms with E-state index in [0.717, 1.165) is 37.5 Å². The van der Waals surface area contributed by atoms with Gasteiger partial charge in [0.25, 0.3) is 5.69 Å². The van der Waals surface area contributed by atoms with Gasteiger partial charge in [0.2, 0.25) is 5.91 Å². The number of rotatable bonds is 3. The van der Waals surface area contributed by atoms with Gasteiger partial charge in [0.1, 0.15) is 5.82 Å². The summed E-state index contributed by atoms with van der Waals surface area (Å²) in [7, 11) is 0. The number of nitro groups is 1. The second kappa shape index (κ2) is 5.91. The minimum atomic E-state index is -0.684. The Morgan fingerprint density at radius 3 is 2.70 bits per heavy atom. The predicted molar refractivity (Wildman–Crippen MR) is 74.8 cm³/mol. The first-order valence-electron chi connectivity index (χ1n) is 6.03. The molecular formula is C12H12FN3O3S. The van der Waals surface area contributed by atoms with Crippen LogP contribution in [0.15, 0.2) is 18.2 Å². The van der Waals surface area contributed by atoms with E-state index in [-0.39, 0.29) is 28.3 Å². The van der Waals surface area contributed by atoms with Crippen molar-refractivity contribution in [2.75, 3.05) is 5.32 Å². The van der Waals surface area contributed by atoms with Crippen LogP contribution in [0.5, 0.6) is 0 Å². The van der Waals surface area contributed by atoms with Gasteiger partial charge in [-0.15, -0.1) is 0 Å². The highest BCUT2D eigenvalue weighted by molar-refractivity contribution is 7.80. The molecule has 0 radical (unpaired) electrons. The summed E-state index contributed by atoms with van der Waals surface area (Å²) in [5.41, 5.74) is -0.403. The maximum atomic E-state index is 13.5. The largest absolute Gasteiger partial charge is 0.330 e. The van der Waals surface area contributed by atoms with Crippen LogP contribution >= 0.6 is 12.2 Å². The molecule has 2 rings (SSSR count). The molecule has 0 aliphatic heterocycles. The van der Waals surface area contributed by atoms with Gasteiger partial charge in [0.15, 0.2) is 5.11 Å². The lowest BCUT2D eigenvalue weighted by Crippen LogP contribution is -2.40. The zero-order chi connectivity index (χ0) is 14.7. The Morgan fingerprint density at radius 2 is 2.15 bits per heavy atom. The van der Waals surface area contributed by atoms with Gasteiger partial charge in [-0.1, -0.05) is 6.42 Å². The average molecular weight is 297 g/mol. The fraction of sp³-hybridized carbons (Fsp3) is 0.333. The third-order valence-electron chi connectivity index (χ3n) is 3.12. The maximum Gasteiger partial charge on any atom is 0.271 e. The summed E-state index contributed by atoms with van der Waals surface area (Å²) in [5.74, 6) is -0.944. The van der Waals surface area contributed by atoms with Crippen LogP contribution in [-0.2, 0) is 4.79 Å². The second-order valence-corrected chi connectivity index (χ2v) is 4.90. The molecule has 20 heavy (non-hydrogen) atoms. The number of amides is 1. The summed E-state index contributed by atoms with van der Waals surface area (Å²) in [6, 6.07) is 3.05. The molecule has 1 aromatic rings. The monoisotopic (exact) mass is 297 g/mol. The fourth-order valence-corrected chi connectivity index (χ4v) is 1.97. The number of thiocarbonyl (C=S) groups is 1. The Labute approximate surface area is 119 Å². The average Bonchev–Trinajstić information content (AvgIpc) is 2.28. The molecule has 1 aromatic carbocycles. The highest BCUT2D eigenvalue weighted by Crippen LogP contribution is 2.26. The number of carbonyl (C=O) groups excluding carboxylic acids is 1. The number of benzene rings is 1. The standard InChI is InChI=1S/C12H12FN3O3S/c13-9-5-4-8(16(18)19)6-10(9)14-12(20)15-11(17)7-2-1-3-7/h4-7H,1-3H2,(H2,14,15,17,20). The van der Waals surface area contributed by atoms with Gasteiger partial charge < -0.3 is 10.6 Å². The fourth-order valence-electron chi connectivity index (χ4n) is 1.76. The van der Waals surface area contributed by atoms with Gasteiger partial charge in [0.05, 0.1) is 10.6 Å². The Hall–Kier alpha value is -2.09. The molecule has 106 valence electrons. The second-order valence-electron chi connectivity index (χ2n) is 4.49. The predicted octanol–water partition coefficient (Wildman–Crippen LogP) is 2.35. The van der Waals surface area contributed by atoms with E-state index < -0.39 is 10.7 Å². The summed E-state index contributed by atoms with van der Waals surface area (Å²) in [6.07, 6.45) is 2.65. The first-order valence-corrected chi connectivity index (χ1v) is 6.44. The lowest BCUT2D eigenvalue weighted by Gasteiger charge is -2.24. The van der Waals surface area contributed by atoms with Crippen molar-refractivity contribution in [2.24, 2.45) is 5.92 Å². The van der Waals surface area contributed by atoms with E-state index >= 15 is 0 Å². The van der Waals surface area contributed by atoms with Crippen LogP contribution in [-0.4, -0.2) is 15.9 Å². The smallest absolute Gasteiger partial charge is 0.271 e. The summed E-state index contributed by atoms with van der Waals surface area (Å²) >= 11 is 4.89. The van der Waals surface area contributed by atoms with Crippen molar-refractivity contribution in [2.45, 2.75) is 19.3 Å². The number of nitrogens with zero attached hydrogens (tertiary/aromatic N) is 1. The molecule has 0 atom stereocenters. The van der Waals surface area contributed by atoms with E-state index in [1.807, 2.05) is 0 Å². The molecule has 8 heteroatoms. The van der Waals surface area contributed by atoms with Gasteiger partial charge in [-0.2, -0.15) is 0 Å². The van der Waals surface area contributed by atoms with Crippen LogP contribution in [0, 0.1) is 21.8 Å². The van der Waals surface area contributed by atoms with Gasteiger partial charge in [0, 0.05) is 18.1 Å². The van der Waals surface area contributed by atoms with Crippen LogP contribution in [0.4, 0.5) is 15.8 Å². The van der Waals surface area contributed by atoms with Crippen LogP contribution in [0.1, 0.15) is 19.3 Å². The Morgan fingerprint density at radius 1 is 1.45 bits per heavy atom. The Balaban J connectivity index is 2.01. The first-order chi connectivity index (χ1) is 9.47. The SMILES string of the molecule is O=C(NC(=S)Nc1cc([N+](=O)[O-])ccc1F)C1CCC1. The summed E-state index contributed by atoms with van der Waals surface area (Å²) < 4.78 is 13.5. The zero-order valence-electron chi connectivity index (χ0n) is 10.4. The van der Waals surface area contributed by atoms with E-state index in [0.29, 0.717) is 0 Å². The summed E-state index contributed by atoms with van der Waals surface area (Å²) in [4.78, 5) is 21.6. The van der Waals surface area contributed by atoms with Gasteiger partial charge in [-0.25, -0.2) is 4.39 Å². The van der Waals surface area contributed by atoms with Crippen LogP contribution < -0.4 is 10.6 Å². The van der Waals surface area contributed by atoms with Crippen LogP contribution in [0.2, 0.25) is 0 Å². The maximum absolute atomic E-state index is 13.5. The molecule has 1 amide bonds. The molecule has 0 spiro atoms. The molecular weight excluding hydrogens is 285 g/mol. The topological polar surface area (TPSA) is 84.3 Å². The first kappa shape index (κ1) is 14.3. The van der Waals surface area contributed by atoms with Crippen molar-refractivity contribution >= 4 is 34.6 Å². The molecule has 1 saturated carbocycles. The number of anilines is 1. The summed E-state index contributed by atoms with van der Waals surface area (Å²) in [6.45, 7) is 0. The normalized spacial score (nSPS) is 14.2. The lowest BCUT2D eigenvalue weighted by molar-refractivity contribution is -0.384. The number of hydrogen-bond donors (Lipinski definition) is 2. The van der Waals surface area contributed by atoms with Crippen molar-refractivity contribution in [1.82, 2.24) is 5.32 Å². The Bertz CT molecular complexity index is 575. The molecule has 1 fully saturated rings. The van der Waals surface area contributed by atoms with E-state index in [1.54, 1.807) is 0 Å². The van der Waals surface area contributed by atoms with Crippen molar-refractivity contribution < 1.29 is 14.1 Å². The van der Waals surface area contributed by atoms with E-state index in [1.165, 1.54) is 0 Å². The molecule has 0 aromatic heterocycles. The summed E-state index contributed by atoms with van der Waals surface area (Å²) in [5, 5.41) is 15.5. The minimum absolute atomic E-state index is 0.0512. The van der Waals surface area contributed by atoms with Crippen molar-refractivity contribution in [1.29, 1.82) is 0 Å². The molecule has 0 bridgehead atoms. The number of hydrogen-bond acceptors (Lipinski definition) is 4. The number of nitro benzene ring substituents is 1. The third-order valence-corrected chi connectivity index (χ3v) is 3.33. The third kappa shape index (κ3) is 3.27. The molecule has 0 unspecified atom stereocenters. The van der Waals surface area contributed by atoms with E-state index in [2.05, 4.69) is 10.6 Å². The molecule has 1 aliphatic carbocycles.